The normalized spacial score (nSPS) is 15.7. The maximum absolute atomic E-state index is 13.1. The molecule has 2 heterocycles. The third-order valence-corrected chi connectivity index (χ3v) is 8.25. The minimum Gasteiger partial charge on any atom is -0.254 e. The van der Waals surface area contributed by atoms with Crippen molar-refractivity contribution < 1.29 is 21.6 Å². The number of benzene rings is 2. The van der Waals surface area contributed by atoms with Gasteiger partial charge in [0.2, 0.25) is 10.0 Å². The van der Waals surface area contributed by atoms with Crippen LogP contribution in [0.25, 0.3) is 5.69 Å². The van der Waals surface area contributed by atoms with Gasteiger partial charge in [0.15, 0.2) is 0 Å². The molecule has 3 aromatic rings. The highest BCUT2D eigenvalue weighted by Crippen LogP contribution is 2.33. The average Bonchev–Trinajstić information content (AvgIpc) is 3.11. The number of aryl methyl sites for hydroxylation is 1. The lowest BCUT2D eigenvalue weighted by molar-refractivity contribution is -0.137. The zero-order chi connectivity index (χ0) is 25.4. The Hall–Kier alpha value is -2.40. The van der Waals surface area contributed by atoms with Crippen LogP contribution < -0.4 is 0 Å². The van der Waals surface area contributed by atoms with Crippen LogP contribution >= 0.6 is 23.2 Å². The van der Waals surface area contributed by atoms with Gasteiger partial charge >= 0.3 is 6.18 Å². The molecule has 6 nitrogen and oxygen atoms in total. The van der Waals surface area contributed by atoms with Gasteiger partial charge in [-0.15, -0.1) is 0 Å². The van der Waals surface area contributed by atoms with Gasteiger partial charge in [-0.25, -0.2) is 13.1 Å². The van der Waals surface area contributed by atoms with Gasteiger partial charge in [-0.05, 0) is 56.2 Å². The predicted molar refractivity (Wildman–Crippen MR) is 130 cm³/mol. The van der Waals surface area contributed by atoms with E-state index < -0.39 is 21.8 Å². The molecular formula is C23H21Cl2F3N4O2S. The highest BCUT2D eigenvalue weighted by molar-refractivity contribution is 7.89. The van der Waals surface area contributed by atoms with Crippen molar-refractivity contribution in [3.05, 3.63) is 69.5 Å². The fourth-order valence-corrected chi connectivity index (χ4v) is 5.81. The van der Waals surface area contributed by atoms with Gasteiger partial charge in [-0.3, -0.25) is 4.99 Å². The highest BCUT2D eigenvalue weighted by atomic mass is 35.5. The smallest absolute Gasteiger partial charge is 0.254 e. The van der Waals surface area contributed by atoms with Crippen molar-refractivity contribution in [1.82, 2.24) is 14.1 Å². The summed E-state index contributed by atoms with van der Waals surface area (Å²) in [5, 5.41) is 4.54. The third kappa shape index (κ3) is 5.40. The van der Waals surface area contributed by atoms with Gasteiger partial charge in [0, 0.05) is 19.3 Å². The Kier molecular flexibility index (Phi) is 7.28. The maximum Gasteiger partial charge on any atom is 0.416 e. The largest absolute Gasteiger partial charge is 0.416 e. The molecule has 0 atom stereocenters. The average molecular weight is 545 g/mol. The Balaban J connectivity index is 1.66. The van der Waals surface area contributed by atoms with E-state index in [9.17, 15) is 21.6 Å². The van der Waals surface area contributed by atoms with E-state index in [0.29, 0.717) is 24.3 Å². The predicted octanol–water partition coefficient (Wildman–Crippen LogP) is 6.43. The minimum atomic E-state index is -4.51. The van der Waals surface area contributed by atoms with Gasteiger partial charge < -0.3 is 0 Å². The molecule has 186 valence electrons. The van der Waals surface area contributed by atoms with Crippen molar-refractivity contribution in [2.45, 2.75) is 37.3 Å². The Morgan fingerprint density at radius 2 is 1.77 bits per heavy atom. The standard InChI is InChI=1S/C23H21Cl2F3N4O2S/c1-15-19(22(25)32(30-15)17-7-5-6-16(12-17)23(26,27)28)14-29-21-13-18(8-9-20(21)24)35(33,34)31-10-3-2-4-11-31/h5-9,12-14H,2-4,10-11H2,1H3. The minimum absolute atomic E-state index is 0.0544. The fourth-order valence-electron chi connectivity index (χ4n) is 3.78. The summed E-state index contributed by atoms with van der Waals surface area (Å²) in [4.78, 5) is 4.41. The second-order valence-electron chi connectivity index (χ2n) is 8.09. The van der Waals surface area contributed by atoms with Crippen LogP contribution in [0, 0.1) is 6.92 Å². The summed E-state index contributed by atoms with van der Waals surface area (Å²) >= 11 is 12.7. The van der Waals surface area contributed by atoms with Gasteiger partial charge in [0.25, 0.3) is 0 Å². The number of aliphatic imine (C=N–C) groups is 1. The molecule has 0 N–H and O–H groups in total. The van der Waals surface area contributed by atoms with Gasteiger partial charge in [-0.2, -0.15) is 22.6 Å². The fraction of sp³-hybridized carbons (Fsp3) is 0.304. The number of halogens is 5. The van der Waals surface area contributed by atoms with E-state index in [1.165, 1.54) is 45.5 Å². The molecule has 0 saturated carbocycles. The molecule has 12 heteroatoms. The first-order chi connectivity index (χ1) is 16.5. The van der Waals surface area contributed by atoms with E-state index in [1.807, 2.05) is 0 Å². The molecule has 1 saturated heterocycles. The molecule has 4 rings (SSSR count). The number of nitrogens with zero attached hydrogens (tertiary/aromatic N) is 4. The lowest BCUT2D eigenvalue weighted by Gasteiger charge is -2.26. The van der Waals surface area contributed by atoms with E-state index in [1.54, 1.807) is 6.92 Å². The molecule has 1 aromatic heterocycles. The van der Waals surface area contributed by atoms with Crippen molar-refractivity contribution in [3.63, 3.8) is 0 Å². The second-order valence-corrected chi connectivity index (χ2v) is 10.8. The first-order valence-corrected chi connectivity index (χ1v) is 12.9. The molecule has 0 unspecified atom stereocenters. The number of rotatable bonds is 5. The molecular weight excluding hydrogens is 524 g/mol. The van der Waals surface area contributed by atoms with Crippen molar-refractivity contribution >= 4 is 45.1 Å². The summed E-state index contributed by atoms with van der Waals surface area (Å²) in [5.74, 6) is 0. The molecule has 1 aliphatic rings. The summed E-state index contributed by atoms with van der Waals surface area (Å²) < 4.78 is 68.0. The number of hydrogen-bond donors (Lipinski definition) is 0. The molecule has 0 bridgehead atoms. The van der Waals surface area contributed by atoms with Gasteiger partial charge in [0.05, 0.1) is 38.1 Å². The van der Waals surface area contributed by atoms with Crippen LogP contribution in [-0.2, 0) is 16.2 Å². The summed E-state index contributed by atoms with van der Waals surface area (Å²) in [6, 6.07) is 8.94. The monoisotopic (exact) mass is 544 g/mol. The summed E-state index contributed by atoms with van der Waals surface area (Å²) in [5.41, 5.74) is 0.314. The molecule has 0 radical (unpaired) electrons. The molecule has 1 aliphatic heterocycles. The number of hydrogen-bond acceptors (Lipinski definition) is 4. The first kappa shape index (κ1) is 25.7. The third-order valence-electron chi connectivity index (χ3n) is 5.67. The molecule has 35 heavy (non-hydrogen) atoms. The zero-order valence-corrected chi connectivity index (χ0v) is 20.9. The lowest BCUT2D eigenvalue weighted by Crippen LogP contribution is -2.35. The van der Waals surface area contributed by atoms with Crippen molar-refractivity contribution in [1.29, 1.82) is 0 Å². The van der Waals surface area contributed by atoms with Crippen LogP contribution in [0.1, 0.15) is 36.1 Å². The molecule has 1 fully saturated rings. The SMILES string of the molecule is Cc1nn(-c2cccc(C(F)(F)F)c2)c(Cl)c1C=Nc1cc(S(=O)(=O)N2CCCCC2)ccc1Cl. The Labute approximate surface area is 211 Å². The lowest BCUT2D eigenvalue weighted by atomic mass is 10.2. The van der Waals surface area contributed by atoms with Crippen molar-refractivity contribution in [2.24, 2.45) is 4.99 Å². The topological polar surface area (TPSA) is 67.6 Å². The Morgan fingerprint density at radius 3 is 2.46 bits per heavy atom. The second kappa shape index (κ2) is 9.93. The summed E-state index contributed by atoms with van der Waals surface area (Å²) in [7, 11) is -3.68. The van der Waals surface area contributed by atoms with E-state index in [0.717, 1.165) is 31.4 Å². The van der Waals surface area contributed by atoms with E-state index in [-0.39, 0.29) is 26.4 Å². The van der Waals surface area contributed by atoms with Crippen LogP contribution in [-0.4, -0.2) is 41.8 Å². The number of alkyl halides is 3. The van der Waals surface area contributed by atoms with Gasteiger partial charge in [0.1, 0.15) is 5.15 Å². The quantitative estimate of drug-likeness (QED) is 0.347. The molecule has 0 aliphatic carbocycles. The van der Waals surface area contributed by atoms with Gasteiger partial charge in [-0.1, -0.05) is 35.7 Å². The summed E-state index contributed by atoms with van der Waals surface area (Å²) in [6.45, 7) is 2.57. The maximum atomic E-state index is 13.1. The van der Waals surface area contributed by atoms with E-state index in [2.05, 4.69) is 10.1 Å². The van der Waals surface area contributed by atoms with E-state index >= 15 is 0 Å². The first-order valence-electron chi connectivity index (χ1n) is 10.7. The number of aromatic nitrogens is 2. The summed E-state index contributed by atoms with van der Waals surface area (Å²) in [6.07, 6.45) is -0.522. The van der Waals surface area contributed by atoms with Crippen LogP contribution in [0.5, 0.6) is 0 Å². The molecule has 0 amide bonds. The van der Waals surface area contributed by atoms with E-state index in [4.69, 9.17) is 23.2 Å². The van der Waals surface area contributed by atoms with Crippen LogP contribution in [0.15, 0.2) is 52.4 Å². The highest BCUT2D eigenvalue weighted by Gasteiger charge is 2.31. The Morgan fingerprint density at radius 1 is 1.06 bits per heavy atom. The van der Waals surface area contributed by atoms with Crippen molar-refractivity contribution in [2.75, 3.05) is 13.1 Å². The van der Waals surface area contributed by atoms with Crippen molar-refractivity contribution in [3.8, 4) is 5.69 Å². The van der Waals surface area contributed by atoms with Crippen LogP contribution in [0.3, 0.4) is 0 Å². The molecule has 2 aromatic carbocycles. The van der Waals surface area contributed by atoms with Crippen LogP contribution in [0.4, 0.5) is 18.9 Å². The Bertz CT molecular complexity index is 1380. The zero-order valence-electron chi connectivity index (χ0n) is 18.6. The van der Waals surface area contributed by atoms with Crippen LogP contribution in [0.2, 0.25) is 10.2 Å². The number of sulfonamides is 1. The number of piperidine rings is 1. The molecule has 0 spiro atoms.